The van der Waals surface area contributed by atoms with Gasteiger partial charge in [-0.15, -0.1) is 11.6 Å². The first-order valence-corrected chi connectivity index (χ1v) is 7.97. The van der Waals surface area contributed by atoms with Gasteiger partial charge in [0.15, 0.2) is 15.5 Å². The lowest BCUT2D eigenvalue weighted by molar-refractivity contribution is -0.216. The normalized spacial score (nSPS) is 36.3. The van der Waals surface area contributed by atoms with Crippen molar-refractivity contribution in [3.8, 4) is 0 Å². The lowest BCUT2D eigenvalue weighted by Crippen LogP contribution is -2.57. The van der Waals surface area contributed by atoms with Crippen LogP contribution in [0.1, 0.15) is 11.5 Å². The molecular formula is C15H12Cl4O3. The van der Waals surface area contributed by atoms with Crippen LogP contribution >= 0.6 is 46.4 Å². The Balaban J connectivity index is 2.33. The molecule has 3 rings (SSSR count). The molecule has 3 nitrogen and oxygen atoms in total. The minimum absolute atomic E-state index is 0.0493. The summed E-state index contributed by atoms with van der Waals surface area (Å²) < 4.78 is 11.0. The zero-order chi connectivity index (χ0) is 16.3. The smallest absolute Gasteiger partial charge is 0.225 e. The summed E-state index contributed by atoms with van der Waals surface area (Å²) in [7, 11) is 2.72. The highest BCUT2D eigenvalue weighted by atomic mass is 35.5. The van der Waals surface area contributed by atoms with Gasteiger partial charge in [0, 0.05) is 14.2 Å². The molecule has 0 N–H and O–H groups in total. The number of hydrogen-bond acceptors (Lipinski definition) is 3. The highest BCUT2D eigenvalue weighted by Crippen LogP contribution is 2.72. The summed E-state index contributed by atoms with van der Waals surface area (Å²) in [6, 6.07) is 9.00. The average molecular weight is 382 g/mol. The Morgan fingerprint density at radius 3 is 2.00 bits per heavy atom. The van der Waals surface area contributed by atoms with Crippen molar-refractivity contribution in [3.05, 3.63) is 46.0 Å². The highest BCUT2D eigenvalue weighted by molar-refractivity contribution is 6.58. The van der Waals surface area contributed by atoms with Gasteiger partial charge in [0.05, 0.1) is 16.0 Å². The van der Waals surface area contributed by atoms with Crippen LogP contribution in [-0.2, 0) is 14.3 Å². The summed E-state index contributed by atoms with van der Waals surface area (Å²) in [4.78, 5) is 9.72. The van der Waals surface area contributed by atoms with E-state index in [1.165, 1.54) is 14.2 Å². The molecule has 1 aromatic rings. The molecule has 0 saturated heterocycles. The number of carbonyl (C=O) groups is 1. The van der Waals surface area contributed by atoms with E-state index in [9.17, 15) is 4.79 Å². The predicted molar refractivity (Wildman–Crippen MR) is 86.8 cm³/mol. The van der Waals surface area contributed by atoms with E-state index in [4.69, 9.17) is 55.9 Å². The molecule has 0 aliphatic heterocycles. The van der Waals surface area contributed by atoms with Crippen molar-refractivity contribution in [1.29, 1.82) is 0 Å². The number of ketones is 1. The van der Waals surface area contributed by atoms with Gasteiger partial charge < -0.3 is 9.47 Å². The molecule has 0 spiro atoms. The van der Waals surface area contributed by atoms with Crippen LogP contribution in [-0.4, -0.2) is 35.5 Å². The van der Waals surface area contributed by atoms with Gasteiger partial charge in [-0.25, -0.2) is 0 Å². The maximum absolute atomic E-state index is 13.0. The summed E-state index contributed by atoms with van der Waals surface area (Å²) >= 11 is 26.0. The van der Waals surface area contributed by atoms with Crippen LogP contribution in [0.4, 0.5) is 0 Å². The molecule has 118 valence electrons. The van der Waals surface area contributed by atoms with Crippen LogP contribution in [0.25, 0.3) is 0 Å². The minimum atomic E-state index is -1.78. The Labute approximate surface area is 148 Å². The first-order chi connectivity index (χ1) is 10.3. The third kappa shape index (κ3) is 1.50. The summed E-state index contributed by atoms with van der Waals surface area (Å²) in [6.07, 6.45) is 0. The number of alkyl halides is 2. The van der Waals surface area contributed by atoms with Crippen molar-refractivity contribution in [2.75, 3.05) is 14.2 Å². The predicted octanol–water partition coefficient (Wildman–Crippen LogP) is 4.00. The lowest BCUT2D eigenvalue weighted by Gasteiger charge is -2.40. The monoisotopic (exact) mass is 380 g/mol. The molecule has 0 radical (unpaired) electrons. The number of ether oxygens (including phenoxy) is 2. The molecule has 1 fully saturated rings. The average Bonchev–Trinajstić information content (AvgIpc) is 2.77. The van der Waals surface area contributed by atoms with Gasteiger partial charge >= 0.3 is 0 Å². The van der Waals surface area contributed by atoms with Gasteiger partial charge in [-0.2, -0.15) is 0 Å². The molecule has 7 heteroatoms. The number of hydrogen-bond donors (Lipinski definition) is 0. The fourth-order valence-electron chi connectivity index (χ4n) is 3.51. The zero-order valence-corrected chi connectivity index (χ0v) is 14.7. The van der Waals surface area contributed by atoms with Gasteiger partial charge in [-0.1, -0.05) is 65.1 Å². The molecule has 0 amide bonds. The largest absolute Gasteiger partial charge is 0.349 e. The molecule has 22 heavy (non-hydrogen) atoms. The number of benzene rings is 1. The second-order valence-electron chi connectivity index (χ2n) is 5.23. The van der Waals surface area contributed by atoms with E-state index < -0.39 is 27.2 Å². The Morgan fingerprint density at radius 1 is 1.00 bits per heavy atom. The van der Waals surface area contributed by atoms with E-state index in [0.717, 1.165) is 0 Å². The van der Waals surface area contributed by atoms with Crippen LogP contribution in [0.2, 0.25) is 0 Å². The van der Waals surface area contributed by atoms with Gasteiger partial charge in [-0.3, -0.25) is 4.79 Å². The van der Waals surface area contributed by atoms with E-state index in [-0.39, 0.29) is 10.1 Å². The molecule has 2 aliphatic carbocycles. The Hall–Kier alpha value is -0.290. The molecule has 3 atom stereocenters. The number of methoxy groups -OCH3 is 2. The molecule has 1 aromatic carbocycles. The number of rotatable bonds is 3. The molecule has 0 unspecified atom stereocenters. The van der Waals surface area contributed by atoms with Gasteiger partial charge in [0.25, 0.3) is 0 Å². The van der Waals surface area contributed by atoms with Crippen LogP contribution in [0, 0.1) is 0 Å². The SMILES string of the molecule is COC1(OC)[C@]2(Cl)C(=O)[C@@H](c3ccccc3)[C@@]1(Cl)C(Cl)=C2Cl. The van der Waals surface area contributed by atoms with Crippen molar-refractivity contribution in [2.24, 2.45) is 0 Å². The molecular weight excluding hydrogens is 370 g/mol. The van der Waals surface area contributed by atoms with Crippen LogP contribution in [0.5, 0.6) is 0 Å². The third-order valence-corrected chi connectivity index (χ3v) is 6.98. The fraction of sp³-hybridized carbons (Fsp3) is 0.400. The molecule has 0 aromatic heterocycles. The quantitative estimate of drug-likeness (QED) is 0.586. The zero-order valence-electron chi connectivity index (χ0n) is 11.7. The van der Waals surface area contributed by atoms with Crippen molar-refractivity contribution in [3.63, 3.8) is 0 Å². The fourth-order valence-corrected chi connectivity index (χ4v) is 5.51. The Morgan fingerprint density at radius 2 is 1.55 bits per heavy atom. The lowest BCUT2D eigenvalue weighted by atomic mass is 9.84. The van der Waals surface area contributed by atoms with Gasteiger partial charge in [0.2, 0.25) is 5.79 Å². The first-order valence-electron chi connectivity index (χ1n) is 6.46. The van der Waals surface area contributed by atoms with Crippen LogP contribution < -0.4 is 0 Å². The molecule has 0 heterocycles. The topological polar surface area (TPSA) is 35.5 Å². The summed E-state index contributed by atoms with van der Waals surface area (Å²) in [5.74, 6) is -2.91. The number of carbonyl (C=O) groups excluding carboxylic acids is 1. The summed E-state index contributed by atoms with van der Waals surface area (Å²) in [5, 5.41) is 0.0229. The first kappa shape index (κ1) is 16.6. The molecule has 2 aliphatic rings. The van der Waals surface area contributed by atoms with Crippen molar-refractivity contribution < 1.29 is 14.3 Å². The second-order valence-corrected chi connectivity index (χ2v) is 7.15. The van der Waals surface area contributed by atoms with E-state index in [1.54, 1.807) is 24.3 Å². The Bertz CT molecular complexity index is 671. The standard InChI is InChI=1S/C15H12Cl4O3/c1-21-15(22-2)13(18)9(8-6-4-3-5-7-8)12(20)14(15,19)11(17)10(13)16/h3-7,9H,1-2H3/t9-,13-,14-/m1/s1. The maximum atomic E-state index is 13.0. The second kappa shape index (κ2) is 5.10. The summed E-state index contributed by atoms with van der Waals surface area (Å²) in [6.45, 7) is 0. The highest BCUT2D eigenvalue weighted by Gasteiger charge is 2.85. The number of fused-ring (bicyclic) bond motifs is 2. The van der Waals surface area contributed by atoms with Gasteiger partial charge in [-0.05, 0) is 5.56 Å². The van der Waals surface area contributed by atoms with Gasteiger partial charge in [0.1, 0.15) is 0 Å². The van der Waals surface area contributed by atoms with Crippen LogP contribution in [0.15, 0.2) is 40.4 Å². The maximum Gasteiger partial charge on any atom is 0.225 e. The van der Waals surface area contributed by atoms with Crippen molar-refractivity contribution in [2.45, 2.75) is 21.5 Å². The number of halogens is 4. The van der Waals surface area contributed by atoms with E-state index in [1.807, 2.05) is 6.07 Å². The van der Waals surface area contributed by atoms with E-state index >= 15 is 0 Å². The third-order valence-electron chi connectivity index (χ3n) is 4.45. The van der Waals surface area contributed by atoms with Crippen molar-refractivity contribution in [1.82, 2.24) is 0 Å². The van der Waals surface area contributed by atoms with E-state index in [2.05, 4.69) is 0 Å². The van der Waals surface area contributed by atoms with Crippen LogP contribution in [0.3, 0.4) is 0 Å². The minimum Gasteiger partial charge on any atom is -0.349 e. The summed E-state index contributed by atoms with van der Waals surface area (Å²) in [5.41, 5.74) is 0.672. The van der Waals surface area contributed by atoms with E-state index in [0.29, 0.717) is 5.56 Å². The van der Waals surface area contributed by atoms with Crippen molar-refractivity contribution >= 4 is 52.2 Å². The molecule has 1 saturated carbocycles. The molecule has 2 bridgehead atoms. The Kier molecular flexibility index (Phi) is 3.84. The number of Topliss-reactive ketones (excluding diaryl/α,β-unsaturated/α-hetero) is 1.